The Morgan fingerprint density at radius 2 is 1.30 bits per heavy atom. The number of hydrogen-bond donors (Lipinski definition) is 0. The van der Waals surface area contributed by atoms with Crippen LogP contribution in [0.15, 0.2) is 24.3 Å². The van der Waals surface area contributed by atoms with Crippen molar-refractivity contribution in [1.29, 1.82) is 0 Å². The zero-order chi connectivity index (χ0) is 20.9. The third-order valence-corrected chi connectivity index (χ3v) is 9.87. The number of hydrogen-bond acceptors (Lipinski definition) is 0. The third-order valence-electron chi connectivity index (χ3n) is 9.87. The fourth-order valence-corrected chi connectivity index (χ4v) is 7.61. The molecule has 2 bridgehead atoms. The summed E-state index contributed by atoms with van der Waals surface area (Å²) in [5.41, 5.74) is 4.49. The molecule has 0 saturated heterocycles. The maximum Gasteiger partial charge on any atom is -0.00463 e. The molecule has 0 nitrogen and oxygen atoms in total. The van der Waals surface area contributed by atoms with E-state index < -0.39 is 0 Å². The van der Waals surface area contributed by atoms with Crippen molar-refractivity contribution in [1.82, 2.24) is 0 Å². The molecular formula is C30H48. The summed E-state index contributed by atoms with van der Waals surface area (Å²) in [4.78, 5) is 0. The minimum Gasteiger partial charge on any atom is -0.0654 e. The van der Waals surface area contributed by atoms with Crippen LogP contribution in [-0.4, -0.2) is 0 Å². The van der Waals surface area contributed by atoms with Crippen LogP contribution in [-0.2, 0) is 11.8 Å². The molecule has 168 valence electrons. The number of unbranched alkanes of at least 4 members (excludes halogenated alkanes) is 4. The Morgan fingerprint density at radius 1 is 0.700 bits per heavy atom. The highest BCUT2D eigenvalue weighted by molar-refractivity contribution is 5.31. The molecule has 0 atom stereocenters. The van der Waals surface area contributed by atoms with E-state index in [4.69, 9.17) is 0 Å². The fourth-order valence-electron chi connectivity index (χ4n) is 7.61. The van der Waals surface area contributed by atoms with Crippen molar-refractivity contribution in [3.05, 3.63) is 35.4 Å². The number of benzene rings is 1. The predicted octanol–water partition coefficient (Wildman–Crippen LogP) is 9.40. The molecule has 0 N–H and O–H groups in total. The van der Waals surface area contributed by atoms with Crippen molar-refractivity contribution in [2.75, 3.05) is 0 Å². The van der Waals surface area contributed by atoms with E-state index in [0.717, 1.165) is 17.3 Å². The summed E-state index contributed by atoms with van der Waals surface area (Å²) in [7, 11) is 0. The minimum atomic E-state index is 0.529. The molecule has 30 heavy (non-hydrogen) atoms. The largest absolute Gasteiger partial charge is 0.0654 e. The second-order valence-corrected chi connectivity index (χ2v) is 11.5. The molecule has 4 fully saturated rings. The van der Waals surface area contributed by atoms with Crippen molar-refractivity contribution in [3.8, 4) is 0 Å². The van der Waals surface area contributed by atoms with E-state index in [2.05, 4.69) is 38.1 Å². The molecule has 0 unspecified atom stereocenters. The van der Waals surface area contributed by atoms with Gasteiger partial charge in [-0.25, -0.2) is 0 Å². The van der Waals surface area contributed by atoms with Crippen LogP contribution in [0.5, 0.6) is 0 Å². The molecule has 4 aliphatic carbocycles. The predicted molar refractivity (Wildman–Crippen MR) is 131 cm³/mol. The van der Waals surface area contributed by atoms with Gasteiger partial charge in [0.2, 0.25) is 0 Å². The lowest BCUT2D eigenvalue weighted by Crippen LogP contribution is -2.48. The van der Waals surface area contributed by atoms with Gasteiger partial charge in [-0.1, -0.05) is 89.5 Å². The molecule has 1 aromatic carbocycles. The van der Waals surface area contributed by atoms with Crippen molar-refractivity contribution >= 4 is 0 Å². The number of fused-ring (bicyclic) bond motifs is 3. The monoisotopic (exact) mass is 408 g/mol. The number of aryl methyl sites for hydroxylation is 1. The summed E-state index contributed by atoms with van der Waals surface area (Å²) in [5, 5.41) is 0. The summed E-state index contributed by atoms with van der Waals surface area (Å²) < 4.78 is 0. The summed E-state index contributed by atoms with van der Waals surface area (Å²) in [5.74, 6) is 2.12. The van der Waals surface area contributed by atoms with Crippen LogP contribution < -0.4 is 0 Å². The zero-order valence-electron chi connectivity index (χ0n) is 20.2. The second kappa shape index (κ2) is 10.2. The molecule has 0 radical (unpaired) electrons. The highest BCUT2D eigenvalue weighted by atomic mass is 14.6. The van der Waals surface area contributed by atoms with Gasteiger partial charge in [-0.05, 0) is 98.0 Å². The molecule has 0 aliphatic heterocycles. The first-order chi connectivity index (χ1) is 14.7. The zero-order valence-corrected chi connectivity index (χ0v) is 20.2. The average molecular weight is 409 g/mol. The molecule has 5 rings (SSSR count). The van der Waals surface area contributed by atoms with Crippen LogP contribution in [0.1, 0.15) is 134 Å². The standard InChI is InChI=1S/C30H48/c1-3-5-7-9-25-11-15-27(16-12-25)29-19-22-30(23-20-29,24-21-29)28-17-13-26(14-18-28)10-8-6-4-2/h11-12,15-16,26,28H,3-10,13-14,17-24H2,1-2H3. The second-order valence-electron chi connectivity index (χ2n) is 11.5. The van der Waals surface area contributed by atoms with Gasteiger partial charge >= 0.3 is 0 Å². The van der Waals surface area contributed by atoms with Crippen LogP contribution in [0.4, 0.5) is 0 Å². The van der Waals surface area contributed by atoms with Crippen molar-refractivity contribution in [2.24, 2.45) is 17.3 Å². The lowest BCUT2D eigenvalue weighted by molar-refractivity contribution is -0.0294. The van der Waals surface area contributed by atoms with Gasteiger partial charge in [0.1, 0.15) is 0 Å². The van der Waals surface area contributed by atoms with Gasteiger partial charge < -0.3 is 0 Å². The Morgan fingerprint density at radius 3 is 1.90 bits per heavy atom. The van der Waals surface area contributed by atoms with Crippen LogP contribution in [0.2, 0.25) is 0 Å². The molecule has 4 aliphatic rings. The van der Waals surface area contributed by atoms with E-state index >= 15 is 0 Å². The molecule has 1 aromatic rings. The summed E-state index contributed by atoms with van der Waals surface area (Å²) in [6.07, 6.45) is 26.3. The van der Waals surface area contributed by atoms with Gasteiger partial charge in [0.25, 0.3) is 0 Å². The van der Waals surface area contributed by atoms with Crippen LogP contribution in [0.3, 0.4) is 0 Å². The molecular weight excluding hydrogens is 360 g/mol. The SMILES string of the molecule is CCCCCc1ccc(C23CCC(C4CCC(CCCCC)CC4)(CC2)CC3)cc1. The van der Waals surface area contributed by atoms with Crippen LogP contribution in [0, 0.1) is 17.3 Å². The van der Waals surface area contributed by atoms with Gasteiger partial charge in [-0.2, -0.15) is 0 Å². The molecule has 0 amide bonds. The highest BCUT2D eigenvalue weighted by Gasteiger charge is 2.52. The summed E-state index contributed by atoms with van der Waals surface area (Å²) >= 11 is 0. The average Bonchev–Trinajstić information content (AvgIpc) is 2.81. The Labute approximate surface area is 187 Å². The quantitative estimate of drug-likeness (QED) is 0.338. The Balaban J connectivity index is 1.30. The maximum absolute atomic E-state index is 2.51. The van der Waals surface area contributed by atoms with Crippen molar-refractivity contribution in [3.63, 3.8) is 0 Å². The Bertz CT molecular complexity index is 606. The van der Waals surface area contributed by atoms with E-state index in [1.165, 1.54) is 89.9 Å². The van der Waals surface area contributed by atoms with Crippen LogP contribution in [0.25, 0.3) is 0 Å². The van der Waals surface area contributed by atoms with E-state index in [9.17, 15) is 0 Å². The molecule has 0 aromatic heterocycles. The highest BCUT2D eigenvalue weighted by Crippen LogP contribution is 2.62. The molecule has 0 heteroatoms. The topological polar surface area (TPSA) is 0 Å². The third kappa shape index (κ3) is 4.83. The summed E-state index contributed by atoms with van der Waals surface area (Å²) in [6.45, 7) is 4.64. The van der Waals surface area contributed by atoms with Gasteiger partial charge in [0.15, 0.2) is 0 Å². The summed E-state index contributed by atoms with van der Waals surface area (Å²) in [6, 6.07) is 9.94. The van der Waals surface area contributed by atoms with Gasteiger partial charge in [0, 0.05) is 0 Å². The van der Waals surface area contributed by atoms with E-state index in [1.807, 2.05) is 0 Å². The van der Waals surface area contributed by atoms with E-state index in [0.29, 0.717) is 5.41 Å². The lowest BCUT2D eigenvalue weighted by atomic mass is 9.47. The number of rotatable bonds is 10. The van der Waals surface area contributed by atoms with E-state index in [-0.39, 0.29) is 0 Å². The van der Waals surface area contributed by atoms with E-state index in [1.54, 1.807) is 36.8 Å². The molecule has 0 heterocycles. The van der Waals surface area contributed by atoms with Crippen molar-refractivity contribution < 1.29 is 0 Å². The molecule has 0 spiro atoms. The Kier molecular flexibility index (Phi) is 7.64. The normalized spacial score (nSPS) is 33.7. The smallest absolute Gasteiger partial charge is 0.00463 e. The first-order valence-corrected chi connectivity index (χ1v) is 13.8. The first-order valence-electron chi connectivity index (χ1n) is 13.8. The Hall–Kier alpha value is -0.780. The maximum atomic E-state index is 2.51. The van der Waals surface area contributed by atoms with Crippen molar-refractivity contribution in [2.45, 2.75) is 135 Å². The van der Waals surface area contributed by atoms with Gasteiger partial charge in [-0.3, -0.25) is 0 Å². The first kappa shape index (κ1) is 22.4. The molecule has 4 saturated carbocycles. The van der Waals surface area contributed by atoms with Gasteiger partial charge in [0.05, 0.1) is 0 Å². The fraction of sp³-hybridized carbons (Fsp3) is 0.800. The van der Waals surface area contributed by atoms with Crippen LogP contribution >= 0.6 is 0 Å². The van der Waals surface area contributed by atoms with Gasteiger partial charge in [-0.15, -0.1) is 0 Å². The minimum absolute atomic E-state index is 0.529. The lowest BCUT2D eigenvalue weighted by Gasteiger charge is -2.58.